The predicted molar refractivity (Wildman–Crippen MR) is 39.3 cm³/mol. The molecule has 1 saturated heterocycles. The Morgan fingerprint density at radius 3 is 2.75 bits per heavy atom. The minimum absolute atomic E-state index is 0.0126. The number of hydrogen-bond donors (Lipinski definition) is 2. The van der Waals surface area contributed by atoms with Gasteiger partial charge in [-0.05, 0) is 6.92 Å². The SMILES string of the molecule is CC1OC(=O)CC(N)C1C(=O)O. The van der Waals surface area contributed by atoms with Gasteiger partial charge >= 0.3 is 11.9 Å². The van der Waals surface area contributed by atoms with Crippen LogP contribution in [0.15, 0.2) is 0 Å². The molecule has 5 nitrogen and oxygen atoms in total. The lowest BCUT2D eigenvalue weighted by molar-refractivity contribution is -0.166. The molecule has 1 aliphatic rings. The molecule has 3 N–H and O–H groups in total. The Morgan fingerprint density at radius 2 is 2.33 bits per heavy atom. The minimum Gasteiger partial charge on any atom is -0.481 e. The van der Waals surface area contributed by atoms with Crippen molar-refractivity contribution in [3.63, 3.8) is 0 Å². The normalized spacial score (nSPS) is 35.8. The second-order valence-electron chi connectivity index (χ2n) is 2.93. The smallest absolute Gasteiger partial charge is 0.311 e. The van der Waals surface area contributed by atoms with E-state index in [0.29, 0.717) is 0 Å². The van der Waals surface area contributed by atoms with Gasteiger partial charge in [0.25, 0.3) is 0 Å². The molecule has 5 heteroatoms. The Morgan fingerprint density at radius 1 is 1.75 bits per heavy atom. The van der Waals surface area contributed by atoms with E-state index >= 15 is 0 Å². The molecule has 1 rings (SSSR count). The van der Waals surface area contributed by atoms with Crippen LogP contribution in [0.5, 0.6) is 0 Å². The van der Waals surface area contributed by atoms with Crippen LogP contribution in [-0.4, -0.2) is 29.2 Å². The standard InChI is InChI=1S/C7H11NO4/c1-3-6(7(10)11)4(8)2-5(9)12-3/h3-4,6H,2,8H2,1H3,(H,10,11). The first-order valence-electron chi connectivity index (χ1n) is 3.70. The molecule has 3 atom stereocenters. The van der Waals surface area contributed by atoms with Gasteiger partial charge < -0.3 is 15.6 Å². The molecule has 0 bridgehead atoms. The molecule has 0 spiro atoms. The van der Waals surface area contributed by atoms with Crippen LogP contribution in [0.25, 0.3) is 0 Å². The molecule has 1 heterocycles. The summed E-state index contributed by atoms with van der Waals surface area (Å²) in [6.45, 7) is 1.54. The first kappa shape index (κ1) is 8.99. The number of carboxylic acids is 1. The molecular weight excluding hydrogens is 162 g/mol. The lowest BCUT2D eigenvalue weighted by Crippen LogP contribution is -2.49. The zero-order valence-corrected chi connectivity index (χ0v) is 6.69. The second kappa shape index (κ2) is 3.10. The van der Waals surface area contributed by atoms with E-state index in [2.05, 4.69) is 0 Å². The fourth-order valence-electron chi connectivity index (χ4n) is 1.38. The number of aliphatic carboxylic acids is 1. The van der Waals surface area contributed by atoms with Crippen molar-refractivity contribution >= 4 is 11.9 Å². The largest absolute Gasteiger partial charge is 0.481 e. The first-order valence-corrected chi connectivity index (χ1v) is 3.70. The number of carbonyl (C=O) groups is 2. The number of carbonyl (C=O) groups excluding carboxylic acids is 1. The highest BCUT2D eigenvalue weighted by molar-refractivity contribution is 5.78. The average Bonchev–Trinajstić information content (AvgIpc) is 1.82. The summed E-state index contributed by atoms with van der Waals surface area (Å²) in [6, 6.07) is -0.626. The van der Waals surface area contributed by atoms with Gasteiger partial charge in [-0.1, -0.05) is 0 Å². The Bertz CT molecular complexity index is 201. The van der Waals surface area contributed by atoms with Crippen LogP contribution in [-0.2, 0) is 14.3 Å². The van der Waals surface area contributed by atoms with Gasteiger partial charge in [-0.3, -0.25) is 9.59 Å². The third-order valence-corrected chi connectivity index (χ3v) is 1.97. The van der Waals surface area contributed by atoms with Crippen molar-refractivity contribution in [1.29, 1.82) is 0 Å². The number of rotatable bonds is 1. The van der Waals surface area contributed by atoms with Crippen molar-refractivity contribution < 1.29 is 19.4 Å². The molecule has 0 aliphatic carbocycles. The molecule has 3 unspecified atom stereocenters. The molecule has 0 aromatic rings. The molecule has 0 radical (unpaired) electrons. The number of nitrogens with two attached hydrogens (primary N) is 1. The summed E-state index contributed by atoms with van der Waals surface area (Å²) in [5.41, 5.74) is 5.48. The molecule has 12 heavy (non-hydrogen) atoms. The van der Waals surface area contributed by atoms with Crippen LogP contribution in [0.4, 0.5) is 0 Å². The van der Waals surface area contributed by atoms with Crippen molar-refractivity contribution in [2.75, 3.05) is 0 Å². The van der Waals surface area contributed by atoms with Crippen LogP contribution < -0.4 is 5.73 Å². The highest BCUT2D eigenvalue weighted by Crippen LogP contribution is 2.20. The van der Waals surface area contributed by atoms with E-state index in [4.69, 9.17) is 15.6 Å². The maximum Gasteiger partial charge on any atom is 0.311 e. The average molecular weight is 173 g/mol. The molecule has 0 aromatic carbocycles. The summed E-state index contributed by atoms with van der Waals surface area (Å²) in [7, 11) is 0. The Balaban J connectivity index is 2.73. The summed E-state index contributed by atoms with van der Waals surface area (Å²) in [4.78, 5) is 21.4. The van der Waals surface area contributed by atoms with E-state index in [1.54, 1.807) is 0 Å². The van der Waals surface area contributed by atoms with Crippen molar-refractivity contribution in [3.05, 3.63) is 0 Å². The summed E-state index contributed by atoms with van der Waals surface area (Å²) in [5.74, 6) is -2.21. The van der Waals surface area contributed by atoms with Crippen LogP contribution in [0.2, 0.25) is 0 Å². The monoisotopic (exact) mass is 173 g/mol. The molecular formula is C7H11NO4. The lowest BCUT2D eigenvalue weighted by atomic mass is 9.90. The van der Waals surface area contributed by atoms with E-state index in [1.165, 1.54) is 6.92 Å². The predicted octanol–water partition coefficient (Wildman–Crippen LogP) is -0.650. The molecule has 1 aliphatic heterocycles. The highest BCUT2D eigenvalue weighted by atomic mass is 16.5. The molecule has 0 saturated carbocycles. The molecule has 68 valence electrons. The second-order valence-corrected chi connectivity index (χ2v) is 2.93. The zero-order chi connectivity index (χ0) is 9.30. The summed E-state index contributed by atoms with van der Waals surface area (Å²) in [5, 5.41) is 8.69. The van der Waals surface area contributed by atoms with Crippen molar-refractivity contribution in [3.8, 4) is 0 Å². The zero-order valence-electron chi connectivity index (χ0n) is 6.69. The van der Waals surface area contributed by atoms with E-state index < -0.39 is 30.0 Å². The number of cyclic esters (lactones) is 1. The van der Waals surface area contributed by atoms with Crippen molar-refractivity contribution in [2.45, 2.75) is 25.5 Å². The van der Waals surface area contributed by atoms with E-state index in [1.807, 2.05) is 0 Å². The minimum atomic E-state index is -1.01. The van der Waals surface area contributed by atoms with Gasteiger partial charge in [-0.25, -0.2) is 0 Å². The van der Waals surface area contributed by atoms with Gasteiger partial charge in [0.2, 0.25) is 0 Å². The number of ether oxygens (including phenoxy) is 1. The summed E-state index contributed by atoms with van der Waals surface area (Å²) < 4.78 is 4.73. The third-order valence-electron chi connectivity index (χ3n) is 1.97. The summed E-state index contributed by atoms with van der Waals surface area (Å²) in [6.07, 6.45) is -0.639. The third kappa shape index (κ3) is 1.55. The maximum atomic E-state index is 10.8. The van der Waals surface area contributed by atoms with E-state index in [9.17, 15) is 9.59 Å². The number of esters is 1. The van der Waals surface area contributed by atoms with Gasteiger partial charge in [-0.2, -0.15) is 0 Å². The van der Waals surface area contributed by atoms with Gasteiger partial charge in [0.05, 0.1) is 6.42 Å². The van der Waals surface area contributed by atoms with Crippen LogP contribution in [0, 0.1) is 5.92 Å². The highest BCUT2D eigenvalue weighted by Gasteiger charge is 2.38. The van der Waals surface area contributed by atoms with Crippen molar-refractivity contribution in [2.24, 2.45) is 11.7 Å². The molecule has 0 amide bonds. The Hall–Kier alpha value is -1.10. The molecule has 0 aromatic heterocycles. The van der Waals surface area contributed by atoms with Crippen LogP contribution in [0.3, 0.4) is 0 Å². The summed E-state index contributed by atoms with van der Waals surface area (Å²) >= 11 is 0. The van der Waals surface area contributed by atoms with Crippen LogP contribution >= 0.6 is 0 Å². The first-order chi connectivity index (χ1) is 5.52. The van der Waals surface area contributed by atoms with Gasteiger partial charge in [0.1, 0.15) is 12.0 Å². The quantitative estimate of drug-likeness (QED) is 0.514. The van der Waals surface area contributed by atoms with Gasteiger partial charge in [0.15, 0.2) is 0 Å². The Kier molecular flexibility index (Phi) is 2.32. The van der Waals surface area contributed by atoms with E-state index in [0.717, 1.165) is 0 Å². The van der Waals surface area contributed by atoms with Crippen molar-refractivity contribution in [1.82, 2.24) is 0 Å². The van der Waals surface area contributed by atoms with Gasteiger partial charge in [0, 0.05) is 6.04 Å². The topological polar surface area (TPSA) is 89.6 Å². The fraction of sp³-hybridized carbons (Fsp3) is 0.714. The van der Waals surface area contributed by atoms with Crippen LogP contribution in [0.1, 0.15) is 13.3 Å². The lowest BCUT2D eigenvalue weighted by Gasteiger charge is -2.30. The maximum absolute atomic E-state index is 10.8. The number of carboxylic acid groups (broad SMARTS) is 1. The van der Waals surface area contributed by atoms with Gasteiger partial charge in [-0.15, -0.1) is 0 Å². The van der Waals surface area contributed by atoms with E-state index in [-0.39, 0.29) is 6.42 Å². The Labute approximate surface area is 69.5 Å². The fourth-order valence-corrected chi connectivity index (χ4v) is 1.38. The molecule has 1 fully saturated rings. The number of hydrogen-bond acceptors (Lipinski definition) is 4.